The lowest BCUT2D eigenvalue weighted by molar-refractivity contribution is -0.0986. The van der Waals surface area contributed by atoms with E-state index < -0.39 is 0 Å². The molecule has 2 aromatic rings. The van der Waals surface area contributed by atoms with E-state index in [0.29, 0.717) is 11.5 Å². The molecule has 31 heavy (non-hydrogen) atoms. The van der Waals surface area contributed by atoms with Crippen LogP contribution in [-0.4, -0.2) is 38.8 Å². The fourth-order valence-corrected chi connectivity index (χ4v) is 4.08. The number of carbonyl (C=O) groups excluding carboxylic acids is 1. The van der Waals surface area contributed by atoms with Gasteiger partial charge in [-0.05, 0) is 72.7 Å². The summed E-state index contributed by atoms with van der Waals surface area (Å²) in [6.07, 6.45) is 5.74. The maximum absolute atomic E-state index is 12.6. The van der Waals surface area contributed by atoms with E-state index in [4.69, 9.17) is 9.47 Å². The number of ether oxygens (including phenoxy) is 2. The molecule has 2 aromatic carbocycles. The second kappa shape index (κ2) is 8.48. The van der Waals surface area contributed by atoms with Crippen LogP contribution < -0.4 is 15.4 Å². The van der Waals surface area contributed by atoms with Crippen molar-refractivity contribution >= 4 is 17.7 Å². The number of nitrogens with one attached hydrogen (secondary N) is 2. The summed E-state index contributed by atoms with van der Waals surface area (Å²) < 4.78 is 11.1. The summed E-state index contributed by atoms with van der Waals surface area (Å²) in [5.41, 5.74) is 5.62. The van der Waals surface area contributed by atoms with Gasteiger partial charge in [0, 0.05) is 29.8 Å². The first kappa shape index (κ1) is 20.3. The minimum Gasteiger partial charge on any atom is -0.493 e. The van der Waals surface area contributed by atoms with Crippen molar-refractivity contribution in [3.63, 3.8) is 0 Å². The molecular formula is C26H30N2O3. The molecule has 2 N–H and O–H groups in total. The maximum atomic E-state index is 12.6. The molecule has 0 spiro atoms. The summed E-state index contributed by atoms with van der Waals surface area (Å²) in [7, 11) is 0. The topological polar surface area (TPSA) is 59.6 Å². The van der Waals surface area contributed by atoms with Gasteiger partial charge < -0.3 is 20.1 Å². The molecule has 5 nitrogen and oxygen atoms in total. The van der Waals surface area contributed by atoms with Crippen LogP contribution in [0.5, 0.6) is 5.75 Å². The third kappa shape index (κ3) is 5.00. The predicted octanol–water partition coefficient (Wildman–Crippen LogP) is 4.29. The van der Waals surface area contributed by atoms with Crippen molar-refractivity contribution in [2.75, 3.05) is 38.2 Å². The molecule has 5 rings (SSSR count). The third-order valence-corrected chi connectivity index (χ3v) is 6.28. The zero-order valence-corrected chi connectivity index (χ0v) is 18.1. The Hall–Kier alpha value is -2.63. The standard InChI is InChI=1S/C26H30N2O3/c1-26(16-30-17-26)15-27-13-19-10-21-4-7-23(12-22(21)11-19)28-25(29)20-5-8-24(9-6-20)31-14-18-2-3-18/h4-9,11-12,18,27H,2-3,10,13-17H2,1H3,(H,28,29). The van der Waals surface area contributed by atoms with Crippen LogP contribution in [0.2, 0.25) is 0 Å². The van der Waals surface area contributed by atoms with Gasteiger partial charge in [0.2, 0.25) is 0 Å². The minimum absolute atomic E-state index is 0.103. The first-order valence-corrected chi connectivity index (χ1v) is 11.2. The van der Waals surface area contributed by atoms with Crippen molar-refractivity contribution in [1.29, 1.82) is 0 Å². The van der Waals surface area contributed by atoms with Crippen LogP contribution in [0.15, 0.2) is 48.0 Å². The molecule has 1 saturated heterocycles. The van der Waals surface area contributed by atoms with Gasteiger partial charge in [0.1, 0.15) is 5.75 Å². The summed E-state index contributed by atoms with van der Waals surface area (Å²) in [6, 6.07) is 13.6. The number of fused-ring (bicyclic) bond motifs is 1. The third-order valence-electron chi connectivity index (χ3n) is 6.28. The number of carbonyl (C=O) groups is 1. The Morgan fingerprint density at radius 2 is 1.97 bits per heavy atom. The van der Waals surface area contributed by atoms with Crippen molar-refractivity contribution in [1.82, 2.24) is 5.32 Å². The van der Waals surface area contributed by atoms with Gasteiger partial charge in [-0.25, -0.2) is 0 Å². The van der Waals surface area contributed by atoms with Crippen molar-refractivity contribution in [3.05, 3.63) is 64.7 Å². The summed E-state index contributed by atoms with van der Waals surface area (Å²) in [6.45, 7) is 6.59. The molecule has 1 aliphatic heterocycles. The predicted molar refractivity (Wildman–Crippen MR) is 123 cm³/mol. The number of benzene rings is 2. The lowest BCUT2D eigenvalue weighted by Crippen LogP contribution is -2.47. The van der Waals surface area contributed by atoms with Crippen molar-refractivity contribution in [2.45, 2.75) is 26.2 Å². The fraction of sp³-hybridized carbons (Fsp3) is 0.423. The van der Waals surface area contributed by atoms with E-state index in [1.54, 1.807) is 0 Å². The highest BCUT2D eigenvalue weighted by Crippen LogP contribution is 2.30. The second-order valence-corrected chi connectivity index (χ2v) is 9.53. The SMILES string of the molecule is CC1(CNCC2=Cc3cc(NC(=O)c4ccc(OCC5CC5)cc4)ccc3C2)COC1. The van der Waals surface area contributed by atoms with Crippen molar-refractivity contribution in [2.24, 2.45) is 11.3 Å². The lowest BCUT2D eigenvalue weighted by Gasteiger charge is -2.38. The van der Waals surface area contributed by atoms with Crippen LogP contribution in [0.25, 0.3) is 6.08 Å². The average Bonchev–Trinajstić information content (AvgIpc) is 3.49. The number of hydrogen-bond donors (Lipinski definition) is 2. The van der Waals surface area contributed by atoms with Gasteiger partial charge in [-0.2, -0.15) is 0 Å². The quantitative estimate of drug-likeness (QED) is 0.638. The van der Waals surface area contributed by atoms with Gasteiger partial charge in [-0.1, -0.05) is 24.6 Å². The Bertz CT molecular complexity index is 988. The van der Waals surface area contributed by atoms with Gasteiger partial charge in [-0.3, -0.25) is 4.79 Å². The molecule has 0 radical (unpaired) electrons. The van der Waals surface area contributed by atoms with Crippen LogP contribution in [0.4, 0.5) is 5.69 Å². The molecule has 5 heteroatoms. The summed E-state index contributed by atoms with van der Waals surface area (Å²) in [5.74, 6) is 1.44. The largest absolute Gasteiger partial charge is 0.493 e. The van der Waals surface area contributed by atoms with E-state index in [-0.39, 0.29) is 11.3 Å². The summed E-state index contributed by atoms with van der Waals surface area (Å²) in [4.78, 5) is 12.6. The van der Waals surface area contributed by atoms with Crippen LogP contribution in [-0.2, 0) is 11.2 Å². The highest BCUT2D eigenvalue weighted by atomic mass is 16.5. The van der Waals surface area contributed by atoms with Crippen LogP contribution in [0.3, 0.4) is 0 Å². The molecule has 1 amide bonds. The number of amides is 1. The second-order valence-electron chi connectivity index (χ2n) is 9.53. The van der Waals surface area contributed by atoms with Crippen LogP contribution in [0, 0.1) is 11.3 Å². The zero-order chi connectivity index (χ0) is 21.3. The molecule has 1 saturated carbocycles. The van der Waals surface area contributed by atoms with Crippen LogP contribution >= 0.6 is 0 Å². The minimum atomic E-state index is -0.103. The number of rotatable bonds is 9. The zero-order valence-electron chi connectivity index (χ0n) is 18.1. The Morgan fingerprint density at radius 1 is 1.16 bits per heavy atom. The number of anilines is 1. The van der Waals surface area contributed by atoms with E-state index in [1.165, 1.54) is 29.5 Å². The van der Waals surface area contributed by atoms with Gasteiger partial charge in [-0.15, -0.1) is 0 Å². The fourth-order valence-electron chi connectivity index (χ4n) is 4.08. The number of hydrogen-bond acceptors (Lipinski definition) is 4. The molecular weight excluding hydrogens is 388 g/mol. The van der Waals surface area contributed by atoms with E-state index in [1.807, 2.05) is 30.3 Å². The van der Waals surface area contributed by atoms with Crippen molar-refractivity contribution < 1.29 is 14.3 Å². The van der Waals surface area contributed by atoms with E-state index >= 15 is 0 Å². The van der Waals surface area contributed by atoms with Crippen molar-refractivity contribution in [3.8, 4) is 5.75 Å². The molecule has 2 fully saturated rings. The van der Waals surface area contributed by atoms with E-state index in [2.05, 4.69) is 35.8 Å². The highest BCUT2D eigenvalue weighted by Gasteiger charge is 2.32. The average molecular weight is 419 g/mol. The molecule has 0 atom stereocenters. The molecule has 162 valence electrons. The van der Waals surface area contributed by atoms with Gasteiger partial charge in [0.15, 0.2) is 0 Å². The summed E-state index contributed by atoms with van der Waals surface area (Å²) in [5, 5.41) is 6.59. The van der Waals surface area contributed by atoms with Crippen LogP contribution in [0.1, 0.15) is 41.3 Å². The first-order valence-electron chi connectivity index (χ1n) is 11.2. The van der Waals surface area contributed by atoms with Gasteiger partial charge >= 0.3 is 0 Å². The Labute approximate surface area is 183 Å². The summed E-state index contributed by atoms with van der Waals surface area (Å²) >= 11 is 0. The molecule has 0 aromatic heterocycles. The van der Waals surface area contributed by atoms with E-state index in [9.17, 15) is 4.79 Å². The van der Waals surface area contributed by atoms with Gasteiger partial charge in [0.05, 0.1) is 19.8 Å². The Balaban J connectivity index is 1.15. The maximum Gasteiger partial charge on any atom is 0.255 e. The molecule has 0 unspecified atom stereocenters. The monoisotopic (exact) mass is 418 g/mol. The van der Waals surface area contributed by atoms with Gasteiger partial charge in [0.25, 0.3) is 5.91 Å². The lowest BCUT2D eigenvalue weighted by atomic mass is 9.89. The molecule has 3 aliphatic rings. The van der Waals surface area contributed by atoms with E-state index in [0.717, 1.165) is 50.8 Å². The first-order chi connectivity index (χ1) is 15.1. The Morgan fingerprint density at radius 3 is 2.68 bits per heavy atom. The molecule has 0 bridgehead atoms. The smallest absolute Gasteiger partial charge is 0.255 e. The Kier molecular flexibility index (Phi) is 5.55. The normalized spacial score (nSPS) is 18.7. The molecule has 1 heterocycles. The highest BCUT2D eigenvalue weighted by molar-refractivity contribution is 6.04. The molecule has 2 aliphatic carbocycles.